The zero-order valence-corrected chi connectivity index (χ0v) is 9.66. The van der Waals surface area contributed by atoms with Crippen LogP contribution < -0.4 is 16.4 Å². The maximum Gasteiger partial charge on any atom is 0.239 e. The van der Waals surface area contributed by atoms with Crippen LogP contribution in [0.1, 0.15) is 18.6 Å². The molecule has 0 aliphatic carbocycles. The van der Waals surface area contributed by atoms with Gasteiger partial charge in [-0.3, -0.25) is 9.59 Å². The van der Waals surface area contributed by atoms with E-state index in [1.54, 1.807) is 6.20 Å². The summed E-state index contributed by atoms with van der Waals surface area (Å²) in [4.78, 5) is 26.0. The van der Waals surface area contributed by atoms with Crippen molar-refractivity contribution in [3.63, 3.8) is 0 Å². The number of aromatic nitrogens is 1. The van der Waals surface area contributed by atoms with E-state index in [1.165, 1.54) is 0 Å². The van der Waals surface area contributed by atoms with Crippen LogP contribution in [-0.2, 0) is 22.6 Å². The smallest absolute Gasteiger partial charge is 0.239 e. The van der Waals surface area contributed by atoms with Crippen molar-refractivity contribution < 1.29 is 14.0 Å². The lowest BCUT2D eigenvalue weighted by atomic mass is 10.4. The molecule has 1 aromatic heterocycles. The molecule has 0 fully saturated rings. The van der Waals surface area contributed by atoms with Crippen LogP contribution in [-0.4, -0.2) is 29.9 Å². The van der Waals surface area contributed by atoms with Gasteiger partial charge in [0.2, 0.25) is 17.7 Å². The molecule has 1 rings (SSSR count). The number of oxazole rings is 1. The molecule has 7 nitrogen and oxygen atoms in total. The van der Waals surface area contributed by atoms with E-state index in [-0.39, 0.29) is 31.4 Å². The summed E-state index contributed by atoms with van der Waals surface area (Å²) in [6.07, 6.45) is 2.38. The van der Waals surface area contributed by atoms with Crippen LogP contribution in [0.3, 0.4) is 0 Å². The summed E-state index contributed by atoms with van der Waals surface area (Å²) in [7, 11) is 0. The highest BCUT2D eigenvalue weighted by Gasteiger charge is 2.06. The lowest BCUT2D eigenvalue weighted by Crippen LogP contribution is -2.39. The second-order valence-electron chi connectivity index (χ2n) is 3.33. The number of hydrogen-bond acceptors (Lipinski definition) is 5. The molecule has 0 aromatic carbocycles. The van der Waals surface area contributed by atoms with Crippen LogP contribution in [0, 0.1) is 0 Å². The summed E-state index contributed by atoms with van der Waals surface area (Å²) in [6, 6.07) is 0. The molecule has 1 aromatic rings. The van der Waals surface area contributed by atoms with E-state index in [1.807, 2.05) is 6.92 Å². The van der Waals surface area contributed by atoms with E-state index in [9.17, 15) is 9.59 Å². The first-order valence-corrected chi connectivity index (χ1v) is 5.32. The van der Waals surface area contributed by atoms with Crippen LogP contribution in [0.5, 0.6) is 0 Å². The van der Waals surface area contributed by atoms with Crippen molar-refractivity contribution in [2.75, 3.05) is 13.1 Å². The number of carbonyl (C=O) groups excluding carboxylic acids is 2. The molecule has 0 spiro atoms. The molecule has 1 heterocycles. The molecule has 0 unspecified atom stereocenters. The molecule has 0 bridgehead atoms. The topological polar surface area (TPSA) is 110 Å². The van der Waals surface area contributed by atoms with E-state index in [0.717, 1.165) is 12.2 Å². The SMILES string of the molecule is CCc1cnc(CNC(=O)CNC(=O)CN)o1. The number of nitrogens with zero attached hydrogens (tertiary/aromatic N) is 1. The molecule has 0 aliphatic rings. The van der Waals surface area contributed by atoms with E-state index in [4.69, 9.17) is 10.2 Å². The first-order valence-electron chi connectivity index (χ1n) is 5.32. The van der Waals surface area contributed by atoms with Gasteiger partial charge in [-0.1, -0.05) is 6.92 Å². The molecule has 4 N–H and O–H groups in total. The number of hydrogen-bond donors (Lipinski definition) is 3. The molecule has 0 atom stereocenters. The Bertz CT molecular complexity index is 389. The average molecular weight is 240 g/mol. The van der Waals surface area contributed by atoms with Gasteiger partial charge in [0.25, 0.3) is 0 Å². The van der Waals surface area contributed by atoms with Crippen molar-refractivity contribution >= 4 is 11.8 Å². The van der Waals surface area contributed by atoms with Crippen molar-refractivity contribution in [3.8, 4) is 0 Å². The number of nitrogens with two attached hydrogens (primary N) is 1. The minimum absolute atomic E-state index is 0.0998. The lowest BCUT2D eigenvalue weighted by Gasteiger charge is -2.03. The van der Waals surface area contributed by atoms with Crippen LogP contribution in [0.2, 0.25) is 0 Å². The van der Waals surface area contributed by atoms with Gasteiger partial charge in [-0.05, 0) is 0 Å². The van der Waals surface area contributed by atoms with Gasteiger partial charge in [-0.2, -0.15) is 0 Å². The number of rotatable bonds is 6. The number of nitrogens with one attached hydrogen (secondary N) is 2. The van der Waals surface area contributed by atoms with E-state index < -0.39 is 0 Å². The third-order valence-corrected chi connectivity index (χ3v) is 2.02. The standard InChI is InChI=1S/C10H16N4O3/c1-2-7-4-14-10(17-7)6-13-9(16)5-12-8(15)3-11/h4H,2-3,5-6,11H2,1H3,(H,12,15)(H,13,16). The zero-order chi connectivity index (χ0) is 12.7. The summed E-state index contributed by atoms with van der Waals surface area (Å²) in [5.74, 6) is 0.527. The fourth-order valence-electron chi connectivity index (χ4n) is 1.08. The van der Waals surface area contributed by atoms with Crippen molar-refractivity contribution in [1.82, 2.24) is 15.6 Å². The predicted molar refractivity (Wildman–Crippen MR) is 59.8 cm³/mol. The van der Waals surface area contributed by atoms with Crippen molar-refractivity contribution in [2.45, 2.75) is 19.9 Å². The number of carbonyl (C=O) groups is 2. The number of amides is 2. The monoisotopic (exact) mass is 240 g/mol. The quantitative estimate of drug-likeness (QED) is 0.586. The summed E-state index contributed by atoms with van der Waals surface area (Å²) in [5, 5.41) is 4.92. The molecule has 0 saturated heterocycles. The van der Waals surface area contributed by atoms with Crippen molar-refractivity contribution in [1.29, 1.82) is 0 Å². The third-order valence-electron chi connectivity index (χ3n) is 2.02. The van der Waals surface area contributed by atoms with Crippen LogP contribution in [0.25, 0.3) is 0 Å². The summed E-state index contributed by atoms with van der Waals surface area (Å²) < 4.78 is 5.30. The Morgan fingerprint density at radius 3 is 2.76 bits per heavy atom. The van der Waals surface area contributed by atoms with Gasteiger partial charge in [0.1, 0.15) is 5.76 Å². The van der Waals surface area contributed by atoms with Crippen LogP contribution in [0.15, 0.2) is 10.6 Å². The molecule has 7 heteroatoms. The van der Waals surface area contributed by atoms with Crippen molar-refractivity contribution in [3.05, 3.63) is 17.8 Å². The molecule has 94 valence electrons. The Morgan fingerprint density at radius 1 is 1.41 bits per heavy atom. The molecular formula is C10H16N4O3. The summed E-state index contributed by atoms with van der Waals surface area (Å²) >= 11 is 0. The second kappa shape index (κ2) is 6.64. The van der Waals surface area contributed by atoms with E-state index >= 15 is 0 Å². The first-order chi connectivity index (χ1) is 8.15. The van der Waals surface area contributed by atoms with Gasteiger partial charge >= 0.3 is 0 Å². The third kappa shape index (κ3) is 4.64. The Kier molecular flexibility index (Phi) is 5.15. The Balaban J connectivity index is 2.25. The normalized spacial score (nSPS) is 10.0. The highest BCUT2D eigenvalue weighted by molar-refractivity contribution is 5.85. The maximum absolute atomic E-state index is 11.3. The van der Waals surface area contributed by atoms with Gasteiger partial charge in [0.05, 0.1) is 25.8 Å². The van der Waals surface area contributed by atoms with Crippen LogP contribution in [0.4, 0.5) is 0 Å². The van der Waals surface area contributed by atoms with Crippen LogP contribution >= 0.6 is 0 Å². The Morgan fingerprint density at radius 2 is 2.18 bits per heavy atom. The van der Waals surface area contributed by atoms with E-state index in [0.29, 0.717) is 5.89 Å². The van der Waals surface area contributed by atoms with E-state index in [2.05, 4.69) is 15.6 Å². The minimum Gasteiger partial charge on any atom is -0.444 e. The molecular weight excluding hydrogens is 224 g/mol. The summed E-state index contributed by atoms with van der Waals surface area (Å²) in [6.45, 7) is 1.92. The number of aryl methyl sites for hydroxylation is 1. The lowest BCUT2D eigenvalue weighted by molar-refractivity contribution is -0.125. The minimum atomic E-state index is -0.371. The summed E-state index contributed by atoms with van der Waals surface area (Å²) in [5.41, 5.74) is 5.07. The second-order valence-corrected chi connectivity index (χ2v) is 3.33. The molecule has 0 saturated carbocycles. The molecule has 0 radical (unpaired) electrons. The van der Waals surface area contributed by atoms with Gasteiger partial charge in [0.15, 0.2) is 0 Å². The fraction of sp³-hybridized carbons (Fsp3) is 0.500. The predicted octanol–water partition coefficient (Wildman–Crippen LogP) is -1.07. The fourth-order valence-corrected chi connectivity index (χ4v) is 1.08. The molecule has 17 heavy (non-hydrogen) atoms. The highest BCUT2D eigenvalue weighted by Crippen LogP contribution is 2.03. The largest absolute Gasteiger partial charge is 0.444 e. The molecule has 2 amide bonds. The highest BCUT2D eigenvalue weighted by atomic mass is 16.4. The Hall–Kier alpha value is -1.89. The average Bonchev–Trinajstić information content (AvgIpc) is 2.81. The van der Waals surface area contributed by atoms with Gasteiger partial charge < -0.3 is 20.8 Å². The van der Waals surface area contributed by atoms with Gasteiger partial charge in [0, 0.05) is 6.42 Å². The van der Waals surface area contributed by atoms with Gasteiger partial charge in [-0.25, -0.2) is 4.98 Å². The zero-order valence-electron chi connectivity index (χ0n) is 9.66. The Labute approximate surface area is 98.8 Å². The first kappa shape index (κ1) is 13.2. The molecule has 0 aliphatic heterocycles. The van der Waals surface area contributed by atoms with Gasteiger partial charge in [-0.15, -0.1) is 0 Å². The maximum atomic E-state index is 11.3. The van der Waals surface area contributed by atoms with Crippen molar-refractivity contribution in [2.24, 2.45) is 5.73 Å².